The van der Waals surface area contributed by atoms with Crippen molar-refractivity contribution in [2.45, 2.75) is 13.8 Å². The standard InChI is InChI=1S/C14H19Cl2N3O2/c1-3-17-13(20)8-19(4-2)9-14(21)18-12-6-10(15)5-11(16)7-12/h5-7H,3-4,8-9H2,1-2H3,(H,17,20)(H,18,21)/p+1. The van der Waals surface area contributed by atoms with Crippen molar-refractivity contribution in [2.75, 3.05) is 31.5 Å². The number of carbonyl (C=O) groups excluding carboxylic acids is 2. The van der Waals surface area contributed by atoms with E-state index < -0.39 is 0 Å². The van der Waals surface area contributed by atoms with Crippen molar-refractivity contribution in [3.63, 3.8) is 0 Å². The van der Waals surface area contributed by atoms with Gasteiger partial charge in [0.2, 0.25) is 0 Å². The first-order valence-corrected chi connectivity index (χ1v) is 7.56. The van der Waals surface area contributed by atoms with Gasteiger partial charge in [0.05, 0.1) is 6.54 Å². The van der Waals surface area contributed by atoms with E-state index in [-0.39, 0.29) is 24.9 Å². The molecule has 1 aromatic rings. The molecule has 3 N–H and O–H groups in total. The average Bonchev–Trinajstić information content (AvgIpc) is 2.36. The molecule has 1 rings (SSSR count). The van der Waals surface area contributed by atoms with Crippen molar-refractivity contribution in [3.05, 3.63) is 28.2 Å². The molecule has 5 nitrogen and oxygen atoms in total. The molecule has 7 heteroatoms. The smallest absolute Gasteiger partial charge is 0.279 e. The molecule has 1 unspecified atom stereocenters. The fraction of sp³-hybridized carbons (Fsp3) is 0.429. The van der Waals surface area contributed by atoms with Gasteiger partial charge in [0.1, 0.15) is 0 Å². The number of nitrogens with one attached hydrogen (secondary N) is 3. The van der Waals surface area contributed by atoms with Crippen LogP contribution in [0.5, 0.6) is 0 Å². The number of benzene rings is 1. The van der Waals surface area contributed by atoms with Crippen LogP contribution in [-0.2, 0) is 9.59 Å². The monoisotopic (exact) mass is 332 g/mol. The predicted molar refractivity (Wildman–Crippen MR) is 85.0 cm³/mol. The maximum atomic E-state index is 12.0. The lowest BCUT2D eigenvalue weighted by atomic mass is 10.3. The van der Waals surface area contributed by atoms with Crippen LogP contribution >= 0.6 is 23.2 Å². The Balaban J connectivity index is 2.56. The van der Waals surface area contributed by atoms with Crippen LogP contribution in [0.1, 0.15) is 13.8 Å². The van der Waals surface area contributed by atoms with E-state index in [2.05, 4.69) is 10.6 Å². The lowest BCUT2D eigenvalue weighted by Gasteiger charge is -2.16. The third-order valence-electron chi connectivity index (χ3n) is 2.84. The number of hydrogen-bond acceptors (Lipinski definition) is 2. The number of hydrogen-bond donors (Lipinski definition) is 3. The molecule has 0 aliphatic carbocycles. The summed E-state index contributed by atoms with van der Waals surface area (Å²) in [6.07, 6.45) is 0. The van der Waals surface area contributed by atoms with Gasteiger partial charge in [0.15, 0.2) is 13.1 Å². The Kier molecular flexibility index (Phi) is 7.50. The van der Waals surface area contributed by atoms with Gasteiger partial charge >= 0.3 is 0 Å². The highest BCUT2D eigenvalue weighted by Gasteiger charge is 2.16. The van der Waals surface area contributed by atoms with E-state index in [0.29, 0.717) is 28.8 Å². The molecule has 1 aromatic carbocycles. The van der Waals surface area contributed by atoms with E-state index in [4.69, 9.17) is 23.2 Å². The maximum absolute atomic E-state index is 12.0. The third kappa shape index (κ3) is 6.80. The minimum atomic E-state index is -0.186. The second-order valence-corrected chi connectivity index (χ2v) is 5.49. The summed E-state index contributed by atoms with van der Waals surface area (Å²) < 4.78 is 0. The summed E-state index contributed by atoms with van der Waals surface area (Å²) in [6.45, 7) is 5.53. The number of carbonyl (C=O) groups is 2. The zero-order valence-corrected chi connectivity index (χ0v) is 13.6. The molecular weight excluding hydrogens is 313 g/mol. The van der Waals surface area contributed by atoms with Crippen LogP contribution in [0.15, 0.2) is 18.2 Å². The number of halogens is 2. The van der Waals surface area contributed by atoms with Gasteiger partial charge in [-0.1, -0.05) is 23.2 Å². The molecule has 0 spiro atoms. The van der Waals surface area contributed by atoms with Gasteiger partial charge in [-0.25, -0.2) is 0 Å². The minimum absolute atomic E-state index is 0.0621. The molecule has 0 saturated heterocycles. The number of rotatable bonds is 7. The highest BCUT2D eigenvalue weighted by atomic mass is 35.5. The van der Waals surface area contributed by atoms with E-state index >= 15 is 0 Å². The number of amides is 2. The molecule has 0 fully saturated rings. The molecular formula is C14H20Cl2N3O2+. The first-order chi connectivity index (χ1) is 9.94. The average molecular weight is 333 g/mol. The van der Waals surface area contributed by atoms with Crippen LogP contribution in [0, 0.1) is 0 Å². The van der Waals surface area contributed by atoms with Gasteiger partial charge in [-0.2, -0.15) is 0 Å². The van der Waals surface area contributed by atoms with Gasteiger partial charge < -0.3 is 15.5 Å². The number of anilines is 1. The van der Waals surface area contributed by atoms with Gasteiger partial charge in [0.25, 0.3) is 11.8 Å². The summed E-state index contributed by atoms with van der Waals surface area (Å²) in [5, 5.41) is 6.37. The normalized spacial score (nSPS) is 11.8. The quantitative estimate of drug-likeness (QED) is 0.696. The van der Waals surface area contributed by atoms with Crippen LogP contribution in [0.25, 0.3) is 0 Å². The molecule has 0 aliphatic heterocycles. The van der Waals surface area contributed by atoms with Crippen molar-refractivity contribution in [1.82, 2.24) is 5.32 Å². The van der Waals surface area contributed by atoms with Gasteiger partial charge in [0, 0.05) is 22.3 Å². The van der Waals surface area contributed by atoms with Gasteiger partial charge in [-0.3, -0.25) is 9.59 Å². The molecule has 116 valence electrons. The summed E-state index contributed by atoms with van der Waals surface area (Å²) in [4.78, 5) is 24.4. The Morgan fingerprint density at radius 3 is 2.14 bits per heavy atom. The Bertz CT molecular complexity index is 489. The Hall–Kier alpha value is -1.30. The molecule has 2 amide bonds. The fourth-order valence-electron chi connectivity index (χ4n) is 1.86. The summed E-state index contributed by atoms with van der Waals surface area (Å²) in [6, 6.07) is 4.85. The zero-order valence-electron chi connectivity index (χ0n) is 12.1. The lowest BCUT2D eigenvalue weighted by Crippen LogP contribution is -3.14. The van der Waals surface area contributed by atoms with E-state index in [1.165, 1.54) is 0 Å². The zero-order chi connectivity index (χ0) is 15.8. The van der Waals surface area contributed by atoms with Crippen molar-refractivity contribution < 1.29 is 14.5 Å². The first-order valence-electron chi connectivity index (χ1n) is 6.80. The van der Waals surface area contributed by atoms with Crippen molar-refractivity contribution >= 4 is 40.7 Å². The second-order valence-electron chi connectivity index (χ2n) is 4.62. The van der Waals surface area contributed by atoms with Gasteiger partial charge in [-0.05, 0) is 32.0 Å². The van der Waals surface area contributed by atoms with Crippen LogP contribution in [0.2, 0.25) is 10.0 Å². The molecule has 21 heavy (non-hydrogen) atoms. The van der Waals surface area contributed by atoms with Crippen molar-refractivity contribution in [2.24, 2.45) is 0 Å². The Morgan fingerprint density at radius 1 is 1.05 bits per heavy atom. The van der Waals surface area contributed by atoms with Crippen molar-refractivity contribution in [1.29, 1.82) is 0 Å². The minimum Gasteiger partial charge on any atom is -0.351 e. The molecule has 0 bridgehead atoms. The molecule has 1 atom stereocenters. The Morgan fingerprint density at radius 2 is 1.62 bits per heavy atom. The molecule has 0 heterocycles. The largest absolute Gasteiger partial charge is 0.351 e. The molecule has 0 radical (unpaired) electrons. The van der Waals surface area contributed by atoms with E-state index in [9.17, 15) is 9.59 Å². The summed E-state index contributed by atoms with van der Waals surface area (Å²) in [5.41, 5.74) is 0.547. The highest BCUT2D eigenvalue weighted by Crippen LogP contribution is 2.22. The first kappa shape index (κ1) is 17.8. The molecule has 0 aliphatic rings. The second kappa shape index (κ2) is 8.87. The van der Waals surface area contributed by atoms with Crippen LogP contribution in [0.4, 0.5) is 5.69 Å². The molecule has 0 aromatic heterocycles. The van der Waals surface area contributed by atoms with Crippen LogP contribution < -0.4 is 15.5 Å². The number of likely N-dealkylation sites (N-methyl/N-ethyl adjacent to an activating group) is 2. The van der Waals surface area contributed by atoms with Crippen LogP contribution in [-0.4, -0.2) is 38.0 Å². The Labute approximate surface area is 134 Å². The summed E-state index contributed by atoms with van der Waals surface area (Å²) in [5.74, 6) is -0.248. The van der Waals surface area contributed by atoms with Crippen LogP contribution in [0.3, 0.4) is 0 Å². The van der Waals surface area contributed by atoms with E-state index in [0.717, 1.165) is 4.90 Å². The topological polar surface area (TPSA) is 62.6 Å². The third-order valence-corrected chi connectivity index (χ3v) is 3.28. The highest BCUT2D eigenvalue weighted by molar-refractivity contribution is 6.35. The SMILES string of the molecule is CCNC(=O)C[NH+](CC)CC(=O)Nc1cc(Cl)cc(Cl)c1. The summed E-state index contributed by atoms with van der Waals surface area (Å²) >= 11 is 11.8. The predicted octanol–water partition coefficient (Wildman–Crippen LogP) is 0.973. The number of quaternary nitrogens is 1. The van der Waals surface area contributed by atoms with Gasteiger partial charge in [-0.15, -0.1) is 0 Å². The van der Waals surface area contributed by atoms with E-state index in [1.54, 1.807) is 18.2 Å². The van der Waals surface area contributed by atoms with E-state index in [1.807, 2.05) is 13.8 Å². The molecule has 0 saturated carbocycles. The fourth-order valence-corrected chi connectivity index (χ4v) is 2.38. The summed E-state index contributed by atoms with van der Waals surface area (Å²) in [7, 11) is 0. The maximum Gasteiger partial charge on any atom is 0.279 e. The van der Waals surface area contributed by atoms with Crippen molar-refractivity contribution in [3.8, 4) is 0 Å². The lowest BCUT2D eigenvalue weighted by molar-refractivity contribution is -0.881.